The number of hydrogen-bond acceptors (Lipinski definition) is 5. The molecule has 0 unspecified atom stereocenters. The SMILES string of the molecule is O=[N+]([O-])c1cnn(C[C@@H](O)CN2CC[C@@H](c3ccc(F)cc3)C2)c1. The van der Waals surface area contributed by atoms with E-state index in [1.807, 2.05) is 12.1 Å². The van der Waals surface area contributed by atoms with E-state index < -0.39 is 11.0 Å². The van der Waals surface area contributed by atoms with E-state index in [4.69, 9.17) is 0 Å². The molecule has 1 saturated heterocycles. The minimum absolute atomic E-state index is 0.0836. The van der Waals surface area contributed by atoms with Crippen molar-refractivity contribution in [2.45, 2.75) is 25.0 Å². The second kappa shape index (κ2) is 7.06. The largest absolute Gasteiger partial charge is 0.390 e. The lowest BCUT2D eigenvalue weighted by atomic mass is 9.99. The molecule has 1 N–H and O–H groups in total. The van der Waals surface area contributed by atoms with E-state index in [9.17, 15) is 19.6 Å². The Hall–Kier alpha value is -2.32. The molecule has 1 fully saturated rings. The van der Waals surface area contributed by atoms with Gasteiger partial charge in [0.2, 0.25) is 0 Å². The van der Waals surface area contributed by atoms with Gasteiger partial charge in [-0.2, -0.15) is 5.10 Å². The fourth-order valence-corrected chi connectivity index (χ4v) is 3.12. The third-order valence-corrected chi connectivity index (χ3v) is 4.31. The van der Waals surface area contributed by atoms with Crippen LogP contribution in [-0.4, -0.2) is 50.4 Å². The number of rotatable bonds is 6. The topological polar surface area (TPSA) is 84.4 Å². The van der Waals surface area contributed by atoms with Crippen LogP contribution >= 0.6 is 0 Å². The lowest BCUT2D eigenvalue weighted by Gasteiger charge is -2.20. The van der Waals surface area contributed by atoms with Crippen molar-refractivity contribution in [1.29, 1.82) is 0 Å². The van der Waals surface area contributed by atoms with Crippen LogP contribution in [0.1, 0.15) is 17.9 Å². The van der Waals surface area contributed by atoms with Crippen LogP contribution in [0.15, 0.2) is 36.7 Å². The first kappa shape index (κ1) is 16.5. The normalized spacial score (nSPS) is 19.5. The third kappa shape index (κ3) is 3.95. The van der Waals surface area contributed by atoms with E-state index >= 15 is 0 Å². The molecule has 0 radical (unpaired) electrons. The van der Waals surface area contributed by atoms with Crippen molar-refractivity contribution in [1.82, 2.24) is 14.7 Å². The molecule has 1 aromatic carbocycles. The highest BCUT2D eigenvalue weighted by molar-refractivity contribution is 5.22. The van der Waals surface area contributed by atoms with Crippen molar-refractivity contribution in [3.05, 3.63) is 58.2 Å². The van der Waals surface area contributed by atoms with E-state index in [1.54, 1.807) is 0 Å². The van der Waals surface area contributed by atoms with E-state index in [1.165, 1.54) is 29.2 Å². The number of aliphatic hydroxyl groups is 1. The molecular weight excluding hydrogens is 315 g/mol. The summed E-state index contributed by atoms with van der Waals surface area (Å²) in [6.45, 7) is 2.36. The number of nitro groups is 1. The Balaban J connectivity index is 1.51. The highest BCUT2D eigenvalue weighted by Crippen LogP contribution is 2.27. The minimum Gasteiger partial charge on any atom is -0.390 e. The van der Waals surface area contributed by atoms with Gasteiger partial charge in [0.25, 0.3) is 0 Å². The lowest BCUT2D eigenvalue weighted by molar-refractivity contribution is -0.385. The summed E-state index contributed by atoms with van der Waals surface area (Å²) in [6.07, 6.45) is 2.80. The number of likely N-dealkylation sites (tertiary alicyclic amines) is 1. The Kier molecular flexibility index (Phi) is 4.86. The Morgan fingerprint density at radius 3 is 2.79 bits per heavy atom. The summed E-state index contributed by atoms with van der Waals surface area (Å²) < 4.78 is 14.4. The molecule has 7 nitrogen and oxygen atoms in total. The number of nitrogens with zero attached hydrogens (tertiary/aromatic N) is 4. The van der Waals surface area contributed by atoms with Crippen LogP contribution < -0.4 is 0 Å². The molecule has 3 rings (SSSR count). The van der Waals surface area contributed by atoms with Gasteiger partial charge in [0.1, 0.15) is 18.2 Å². The molecule has 0 spiro atoms. The number of β-amino-alcohol motifs (C(OH)–C–C–N with tert-alkyl or cyclic N) is 1. The summed E-state index contributed by atoms with van der Waals surface area (Å²) >= 11 is 0. The molecule has 1 aliphatic heterocycles. The molecule has 2 aromatic rings. The van der Waals surface area contributed by atoms with Crippen LogP contribution in [0.25, 0.3) is 0 Å². The van der Waals surface area contributed by atoms with Crippen LogP contribution in [0.5, 0.6) is 0 Å². The van der Waals surface area contributed by atoms with Gasteiger partial charge in [-0.15, -0.1) is 0 Å². The van der Waals surface area contributed by atoms with E-state index in [-0.39, 0.29) is 18.0 Å². The third-order valence-electron chi connectivity index (χ3n) is 4.31. The molecule has 2 heterocycles. The standard InChI is InChI=1S/C16H19FN4O3/c17-14-3-1-12(2-4-14)13-5-6-19(8-13)10-16(22)11-20-9-15(7-18-20)21(23)24/h1-4,7,9,13,16,22H,5-6,8,10-11H2/t13-,16+/m1/s1. The van der Waals surface area contributed by atoms with E-state index in [0.29, 0.717) is 12.5 Å². The molecule has 24 heavy (non-hydrogen) atoms. The van der Waals surface area contributed by atoms with Crippen LogP contribution in [0.2, 0.25) is 0 Å². The maximum atomic E-state index is 13.0. The predicted octanol–water partition coefficient (Wildman–Crippen LogP) is 1.78. The van der Waals surface area contributed by atoms with Gasteiger partial charge in [0.15, 0.2) is 0 Å². The second-order valence-electron chi connectivity index (χ2n) is 6.13. The second-order valence-corrected chi connectivity index (χ2v) is 6.13. The predicted molar refractivity (Wildman–Crippen MR) is 85.1 cm³/mol. The molecule has 0 aliphatic carbocycles. The van der Waals surface area contributed by atoms with E-state index in [0.717, 1.165) is 25.1 Å². The molecule has 8 heteroatoms. The molecule has 1 aromatic heterocycles. The van der Waals surface area contributed by atoms with Gasteiger partial charge in [-0.25, -0.2) is 4.39 Å². The molecule has 0 bridgehead atoms. The Bertz CT molecular complexity index is 704. The fraction of sp³-hybridized carbons (Fsp3) is 0.438. The van der Waals surface area contributed by atoms with Crippen molar-refractivity contribution in [2.75, 3.05) is 19.6 Å². The zero-order valence-electron chi connectivity index (χ0n) is 13.1. The Morgan fingerprint density at radius 1 is 1.38 bits per heavy atom. The molecule has 0 saturated carbocycles. The summed E-state index contributed by atoms with van der Waals surface area (Å²) in [5.41, 5.74) is 1.02. The highest BCUT2D eigenvalue weighted by Gasteiger charge is 2.25. The van der Waals surface area contributed by atoms with Crippen LogP contribution in [0.4, 0.5) is 10.1 Å². The average molecular weight is 334 g/mol. The first-order valence-corrected chi connectivity index (χ1v) is 7.84. The number of halogens is 1. The van der Waals surface area contributed by atoms with Gasteiger partial charge in [-0.05, 0) is 36.6 Å². The van der Waals surface area contributed by atoms with Crippen LogP contribution in [-0.2, 0) is 6.54 Å². The lowest BCUT2D eigenvalue weighted by Crippen LogP contribution is -2.33. The van der Waals surface area contributed by atoms with Crippen LogP contribution in [0.3, 0.4) is 0 Å². The number of hydrogen-bond donors (Lipinski definition) is 1. The quantitative estimate of drug-likeness (QED) is 0.643. The monoisotopic (exact) mass is 334 g/mol. The van der Waals surface area contributed by atoms with Gasteiger partial charge in [0.05, 0.1) is 17.6 Å². The molecular formula is C16H19FN4O3. The maximum absolute atomic E-state index is 13.0. The van der Waals surface area contributed by atoms with Crippen molar-refractivity contribution in [3.63, 3.8) is 0 Å². The summed E-state index contributed by atoms with van der Waals surface area (Å²) in [5, 5.41) is 24.7. The fourth-order valence-electron chi connectivity index (χ4n) is 3.12. The first-order chi connectivity index (χ1) is 11.5. The number of aliphatic hydroxyl groups excluding tert-OH is 1. The zero-order chi connectivity index (χ0) is 17.1. The van der Waals surface area contributed by atoms with E-state index in [2.05, 4.69) is 10.00 Å². The van der Waals surface area contributed by atoms with Gasteiger partial charge in [0, 0.05) is 13.1 Å². The Morgan fingerprint density at radius 2 is 2.12 bits per heavy atom. The molecule has 128 valence electrons. The highest BCUT2D eigenvalue weighted by atomic mass is 19.1. The summed E-state index contributed by atoms with van der Waals surface area (Å²) in [5.74, 6) is 0.0981. The number of benzene rings is 1. The Labute approximate surface area is 138 Å². The van der Waals surface area contributed by atoms with Gasteiger partial charge < -0.3 is 10.0 Å². The van der Waals surface area contributed by atoms with Crippen LogP contribution in [0, 0.1) is 15.9 Å². The number of aromatic nitrogens is 2. The summed E-state index contributed by atoms with van der Waals surface area (Å²) in [4.78, 5) is 12.3. The van der Waals surface area contributed by atoms with Crippen molar-refractivity contribution in [2.24, 2.45) is 0 Å². The average Bonchev–Trinajstić information content (AvgIpc) is 3.17. The summed E-state index contributed by atoms with van der Waals surface area (Å²) in [6, 6.07) is 6.56. The molecule has 1 aliphatic rings. The maximum Gasteiger partial charge on any atom is 0.306 e. The van der Waals surface area contributed by atoms with Crippen molar-refractivity contribution < 1.29 is 14.4 Å². The zero-order valence-corrected chi connectivity index (χ0v) is 13.1. The minimum atomic E-state index is -0.656. The first-order valence-electron chi connectivity index (χ1n) is 7.84. The molecule has 0 amide bonds. The van der Waals surface area contributed by atoms with Crippen molar-refractivity contribution in [3.8, 4) is 0 Å². The van der Waals surface area contributed by atoms with Crippen molar-refractivity contribution >= 4 is 5.69 Å². The smallest absolute Gasteiger partial charge is 0.306 e. The van der Waals surface area contributed by atoms with Gasteiger partial charge in [-0.1, -0.05) is 12.1 Å². The van der Waals surface area contributed by atoms with Gasteiger partial charge >= 0.3 is 5.69 Å². The summed E-state index contributed by atoms with van der Waals surface area (Å²) in [7, 11) is 0. The molecule has 2 atom stereocenters. The van der Waals surface area contributed by atoms with Gasteiger partial charge in [-0.3, -0.25) is 14.8 Å².